The summed E-state index contributed by atoms with van der Waals surface area (Å²) >= 11 is 0. The van der Waals surface area contributed by atoms with Gasteiger partial charge in [0.1, 0.15) is 0 Å². The highest BCUT2D eigenvalue weighted by Gasteiger charge is 2.37. The number of cyclic esters (lactones) is 2. The van der Waals surface area contributed by atoms with Gasteiger partial charge in [0.15, 0.2) is 5.69 Å². The molecule has 18 heavy (non-hydrogen) atoms. The van der Waals surface area contributed by atoms with Crippen molar-refractivity contribution in [1.82, 2.24) is 15.0 Å². The largest absolute Gasteiger partial charge is 0.383 e. The number of benzene rings is 1. The predicted molar refractivity (Wildman–Crippen MR) is 60.5 cm³/mol. The average molecular weight is 243 g/mol. The first-order valence-corrected chi connectivity index (χ1v) is 5.53. The molecule has 0 N–H and O–H groups in total. The Labute approximate surface area is 102 Å². The Morgan fingerprint density at radius 1 is 1.22 bits per heavy atom. The lowest BCUT2D eigenvalue weighted by Gasteiger charge is -2.07. The van der Waals surface area contributed by atoms with E-state index in [9.17, 15) is 9.59 Å². The molecule has 2 heterocycles. The van der Waals surface area contributed by atoms with Crippen molar-refractivity contribution < 1.29 is 14.3 Å². The molecule has 0 aliphatic carbocycles. The van der Waals surface area contributed by atoms with Crippen LogP contribution in [0.3, 0.4) is 0 Å². The lowest BCUT2D eigenvalue weighted by atomic mass is 10.1. The fourth-order valence-electron chi connectivity index (χ4n) is 1.97. The Balaban J connectivity index is 2.23. The fraction of sp³-hybridized carbons (Fsp3) is 0.167. The minimum absolute atomic E-state index is 0.0223. The second kappa shape index (κ2) is 3.76. The third-order valence-electron chi connectivity index (χ3n) is 2.84. The van der Waals surface area contributed by atoms with Crippen LogP contribution in [-0.4, -0.2) is 26.9 Å². The van der Waals surface area contributed by atoms with Crippen LogP contribution in [0, 0.1) is 0 Å². The Morgan fingerprint density at radius 3 is 2.78 bits per heavy atom. The second-order valence-corrected chi connectivity index (χ2v) is 3.86. The van der Waals surface area contributed by atoms with Crippen molar-refractivity contribution in [3.8, 4) is 5.69 Å². The SMILES string of the molecule is CCc1ccccc1-n1nnc2c1C(=O)OC2=O. The summed E-state index contributed by atoms with van der Waals surface area (Å²) in [5.41, 5.74) is 1.82. The third kappa shape index (κ3) is 1.35. The first-order chi connectivity index (χ1) is 8.72. The quantitative estimate of drug-likeness (QED) is 0.584. The molecule has 1 aliphatic heterocycles. The highest BCUT2D eigenvalue weighted by Crippen LogP contribution is 2.22. The maximum Gasteiger partial charge on any atom is 0.369 e. The molecular weight excluding hydrogens is 234 g/mol. The van der Waals surface area contributed by atoms with Gasteiger partial charge in [0.05, 0.1) is 5.69 Å². The van der Waals surface area contributed by atoms with Crippen LogP contribution in [0.4, 0.5) is 0 Å². The lowest BCUT2D eigenvalue weighted by molar-refractivity contribution is 0.0434. The van der Waals surface area contributed by atoms with E-state index < -0.39 is 11.9 Å². The number of aromatic nitrogens is 3. The molecule has 1 aromatic heterocycles. The number of nitrogens with zero attached hydrogens (tertiary/aromatic N) is 3. The summed E-state index contributed by atoms with van der Waals surface area (Å²) in [6.07, 6.45) is 0.786. The van der Waals surface area contributed by atoms with Crippen LogP contribution in [-0.2, 0) is 11.2 Å². The van der Waals surface area contributed by atoms with Gasteiger partial charge in [0.25, 0.3) is 0 Å². The molecule has 3 rings (SSSR count). The monoisotopic (exact) mass is 243 g/mol. The Kier molecular flexibility index (Phi) is 2.22. The number of carbonyl (C=O) groups is 2. The van der Waals surface area contributed by atoms with Crippen LogP contribution in [0.1, 0.15) is 33.5 Å². The van der Waals surface area contributed by atoms with Crippen molar-refractivity contribution in [3.63, 3.8) is 0 Å². The highest BCUT2D eigenvalue weighted by molar-refractivity contribution is 6.12. The maximum absolute atomic E-state index is 11.6. The fourth-order valence-corrected chi connectivity index (χ4v) is 1.97. The average Bonchev–Trinajstić information content (AvgIpc) is 2.93. The molecule has 6 heteroatoms. The summed E-state index contributed by atoms with van der Waals surface area (Å²) in [7, 11) is 0. The molecule has 0 bridgehead atoms. The van der Waals surface area contributed by atoms with E-state index in [1.807, 2.05) is 31.2 Å². The van der Waals surface area contributed by atoms with Gasteiger partial charge in [0.2, 0.25) is 5.69 Å². The molecule has 1 aromatic carbocycles. The van der Waals surface area contributed by atoms with E-state index in [1.54, 1.807) is 0 Å². The zero-order chi connectivity index (χ0) is 12.7. The molecule has 6 nitrogen and oxygen atoms in total. The zero-order valence-electron chi connectivity index (χ0n) is 9.58. The van der Waals surface area contributed by atoms with Gasteiger partial charge >= 0.3 is 11.9 Å². The van der Waals surface area contributed by atoms with E-state index in [2.05, 4.69) is 15.0 Å². The minimum Gasteiger partial charge on any atom is -0.383 e. The van der Waals surface area contributed by atoms with E-state index >= 15 is 0 Å². The summed E-state index contributed by atoms with van der Waals surface area (Å²) < 4.78 is 5.87. The van der Waals surface area contributed by atoms with Gasteiger partial charge in [-0.05, 0) is 18.1 Å². The van der Waals surface area contributed by atoms with Gasteiger partial charge in [-0.2, -0.15) is 0 Å². The third-order valence-corrected chi connectivity index (χ3v) is 2.84. The molecular formula is C12H9N3O3. The Morgan fingerprint density at radius 2 is 2.00 bits per heavy atom. The van der Waals surface area contributed by atoms with Crippen LogP contribution in [0.25, 0.3) is 5.69 Å². The molecule has 0 unspecified atom stereocenters. The summed E-state index contributed by atoms with van der Waals surface area (Å²) in [5.74, 6) is -1.44. The number of rotatable bonds is 2. The van der Waals surface area contributed by atoms with Crippen molar-refractivity contribution in [1.29, 1.82) is 0 Å². The minimum atomic E-state index is -0.741. The van der Waals surface area contributed by atoms with Gasteiger partial charge in [-0.25, -0.2) is 14.3 Å². The first kappa shape index (κ1) is 10.6. The van der Waals surface area contributed by atoms with Gasteiger partial charge in [0, 0.05) is 0 Å². The molecule has 0 radical (unpaired) electrons. The van der Waals surface area contributed by atoms with Gasteiger partial charge < -0.3 is 4.74 Å². The molecule has 0 saturated heterocycles. The molecule has 0 saturated carbocycles. The summed E-state index contributed by atoms with van der Waals surface area (Å²) in [5, 5.41) is 7.56. The Bertz CT molecular complexity index is 660. The molecule has 0 atom stereocenters. The van der Waals surface area contributed by atoms with Crippen molar-refractivity contribution >= 4 is 11.9 Å². The van der Waals surface area contributed by atoms with Crippen LogP contribution in [0.15, 0.2) is 24.3 Å². The normalized spacial score (nSPS) is 13.6. The van der Waals surface area contributed by atoms with E-state index in [-0.39, 0.29) is 11.4 Å². The Hall–Kier alpha value is -2.50. The molecule has 90 valence electrons. The molecule has 0 spiro atoms. The topological polar surface area (TPSA) is 74.1 Å². The van der Waals surface area contributed by atoms with Crippen LogP contribution in [0.2, 0.25) is 0 Å². The van der Waals surface area contributed by atoms with E-state index in [4.69, 9.17) is 0 Å². The number of fused-ring (bicyclic) bond motifs is 1. The second-order valence-electron chi connectivity index (χ2n) is 3.86. The van der Waals surface area contributed by atoms with Crippen LogP contribution < -0.4 is 0 Å². The molecule has 1 aliphatic rings. The van der Waals surface area contributed by atoms with Crippen LogP contribution in [0.5, 0.6) is 0 Å². The van der Waals surface area contributed by atoms with Crippen molar-refractivity contribution in [2.45, 2.75) is 13.3 Å². The lowest BCUT2D eigenvalue weighted by Crippen LogP contribution is -2.10. The van der Waals surface area contributed by atoms with E-state index in [0.29, 0.717) is 0 Å². The smallest absolute Gasteiger partial charge is 0.369 e. The van der Waals surface area contributed by atoms with Crippen LogP contribution >= 0.6 is 0 Å². The number of hydrogen-bond donors (Lipinski definition) is 0. The number of carbonyl (C=O) groups excluding carboxylic acids is 2. The number of ether oxygens (including phenoxy) is 1. The number of esters is 2. The van der Waals surface area contributed by atoms with Crippen molar-refractivity contribution in [3.05, 3.63) is 41.2 Å². The predicted octanol–water partition coefficient (Wildman–Crippen LogP) is 1.14. The number of hydrogen-bond acceptors (Lipinski definition) is 5. The van der Waals surface area contributed by atoms with Crippen molar-refractivity contribution in [2.24, 2.45) is 0 Å². The first-order valence-electron chi connectivity index (χ1n) is 5.53. The summed E-state index contributed by atoms with van der Waals surface area (Å²) in [6, 6.07) is 7.50. The van der Waals surface area contributed by atoms with Gasteiger partial charge in [-0.3, -0.25) is 0 Å². The van der Waals surface area contributed by atoms with Gasteiger partial charge in [-0.15, -0.1) is 5.10 Å². The summed E-state index contributed by atoms with van der Waals surface area (Å²) in [4.78, 5) is 22.9. The van der Waals surface area contributed by atoms with Crippen molar-refractivity contribution in [2.75, 3.05) is 0 Å². The van der Waals surface area contributed by atoms with E-state index in [0.717, 1.165) is 17.7 Å². The molecule has 0 fully saturated rings. The van der Waals surface area contributed by atoms with Gasteiger partial charge in [-0.1, -0.05) is 30.3 Å². The highest BCUT2D eigenvalue weighted by atomic mass is 16.6. The zero-order valence-corrected chi connectivity index (χ0v) is 9.58. The molecule has 0 amide bonds. The van der Waals surface area contributed by atoms with E-state index in [1.165, 1.54) is 4.68 Å². The standard InChI is InChI=1S/C12H9N3O3/c1-2-7-5-3-4-6-8(7)15-10-9(13-14-15)11(16)18-12(10)17/h3-6H,2H2,1H3. The molecule has 2 aromatic rings. The number of aryl methyl sites for hydroxylation is 1. The maximum atomic E-state index is 11.6. The number of para-hydroxylation sites is 1. The summed E-state index contributed by atoms with van der Waals surface area (Å²) in [6.45, 7) is 2.00.